The first-order chi connectivity index (χ1) is 12.2. The molecule has 26 heavy (non-hydrogen) atoms. The molecular weight excluding hydrogens is 441 g/mol. The van der Waals surface area contributed by atoms with Crippen molar-refractivity contribution >= 4 is 28.7 Å². The van der Waals surface area contributed by atoms with E-state index in [1.807, 2.05) is 81.2 Å². The van der Waals surface area contributed by atoms with E-state index in [1.54, 1.807) is 0 Å². The number of amides is 1. The summed E-state index contributed by atoms with van der Waals surface area (Å²) >= 11 is 2.17. The fourth-order valence-electron chi connectivity index (χ4n) is 2.96. The second-order valence-electron chi connectivity index (χ2n) is 7.39. The van der Waals surface area contributed by atoms with Gasteiger partial charge < -0.3 is 9.84 Å². The van der Waals surface area contributed by atoms with Gasteiger partial charge in [-0.25, -0.2) is 4.79 Å². The molecule has 0 aromatic heterocycles. The molecule has 0 radical (unpaired) electrons. The molecule has 0 aliphatic heterocycles. The molecule has 1 aromatic carbocycles. The first-order valence-electron chi connectivity index (χ1n) is 8.76. The number of nitrogens with zero attached hydrogens (tertiary/aromatic N) is 1. The van der Waals surface area contributed by atoms with Gasteiger partial charge in [0.25, 0.3) is 0 Å². The predicted octanol–water partition coefficient (Wildman–Crippen LogP) is 5.88. The lowest BCUT2D eigenvalue weighted by Crippen LogP contribution is -2.53. The molecule has 0 unspecified atom stereocenters. The molecule has 1 rings (SSSR count). The van der Waals surface area contributed by atoms with Crippen molar-refractivity contribution in [1.29, 1.82) is 0 Å². The van der Waals surface area contributed by atoms with Gasteiger partial charge in [0, 0.05) is 5.54 Å². The van der Waals surface area contributed by atoms with Crippen LogP contribution >= 0.6 is 22.6 Å². The third kappa shape index (κ3) is 7.11. The predicted molar refractivity (Wildman–Crippen MR) is 116 cm³/mol. The van der Waals surface area contributed by atoms with Gasteiger partial charge in [0.15, 0.2) is 0 Å². The van der Waals surface area contributed by atoms with Crippen LogP contribution in [0.1, 0.15) is 40.2 Å². The lowest BCUT2D eigenvalue weighted by Gasteiger charge is -2.42. The van der Waals surface area contributed by atoms with E-state index in [4.69, 9.17) is 4.74 Å². The maximum Gasteiger partial charge on any atom is 0.408 e. The topological polar surface area (TPSA) is 49.8 Å². The second-order valence-corrected chi connectivity index (χ2v) is 8.11. The fourth-order valence-corrected chi connectivity index (χ4v) is 3.61. The summed E-state index contributed by atoms with van der Waals surface area (Å²) in [5.41, 5.74) is 1.62. The van der Waals surface area contributed by atoms with Gasteiger partial charge >= 0.3 is 6.09 Å². The van der Waals surface area contributed by atoms with E-state index in [2.05, 4.69) is 22.6 Å². The minimum atomic E-state index is -0.908. The van der Waals surface area contributed by atoms with Gasteiger partial charge in [0.2, 0.25) is 0 Å². The maximum absolute atomic E-state index is 12.0. The van der Waals surface area contributed by atoms with Crippen molar-refractivity contribution < 1.29 is 14.6 Å². The molecule has 0 spiro atoms. The van der Waals surface area contributed by atoms with Crippen molar-refractivity contribution in [3.05, 3.63) is 57.7 Å². The lowest BCUT2D eigenvalue weighted by atomic mass is 9.90. The highest BCUT2D eigenvalue weighted by molar-refractivity contribution is 14.1. The van der Waals surface area contributed by atoms with E-state index in [0.29, 0.717) is 13.2 Å². The Hall–Kier alpha value is -1.34. The molecule has 0 saturated carbocycles. The summed E-state index contributed by atoms with van der Waals surface area (Å²) in [7, 11) is 0. The van der Waals surface area contributed by atoms with E-state index in [0.717, 1.165) is 11.1 Å². The first-order valence-corrected chi connectivity index (χ1v) is 10.0. The zero-order valence-corrected chi connectivity index (χ0v) is 18.4. The van der Waals surface area contributed by atoms with Crippen LogP contribution in [-0.2, 0) is 11.3 Å². The van der Waals surface area contributed by atoms with Gasteiger partial charge in [0.1, 0.15) is 0 Å². The molecule has 0 saturated heterocycles. The number of carboxylic acid groups (broad SMARTS) is 1. The number of carbonyl (C=O) groups is 1. The molecule has 144 valence electrons. The molecule has 0 aliphatic carbocycles. The summed E-state index contributed by atoms with van der Waals surface area (Å²) in [5, 5.41) is 9.81. The van der Waals surface area contributed by atoms with E-state index in [-0.39, 0.29) is 12.0 Å². The molecular formula is C21H30INO3. The monoisotopic (exact) mass is 471 g/mol. The Labute approximate surface area is 171 Å². The normalized spacial score (nSPS) is 15.1. The van der Waals surface area contributed by atoms with Crippen LogP contribution in [-0.4, -0.2) is 34.3 Å². The van der Waals surface area contributed by atoms with Crippen molar-refractivity contribution in [3.8, 4) is 0 Å². The largest absolute Gasteiger partial charge is 0.465 e. The van der Waals surface area contributed by atoms with Crippen molar-refractivity contribution in [2.24, 2.45) is 5.92 Å². The minimum absolute atomic E-state index is 0.0626. The van der Waals surface area contributed by atoms with Gasteiger partial charge in [-0.3, -0.25) is 4.90 Å². The lowest BCUT2D eigenvalue weighted by molar-refractivity contribution is 0.0694. The summed E-state index contributed by atoms with van der Waals surface area (Å²) < 4.78 is 7.69. The molecule has 0 heterocycles. The average Bonchev–Trinajstić information content (AvgIpc) is 2.55. The zero-order valence-electron chi connectivity index (χ0n) is 16.3. The van der Waals surface area contributed by atoms with E-state index < -0.39 is 11.6 Å². The smallest absolute Gasteiger partial charge is 0.408 e. The molecule has 1 N–H and O–H groups in total. The number of hydrogen-bond donors (Lipinski definition) is 1. The highest BCUT2D eigenvalue weighted by Crippen LogP contribution is 2.28. The number of hydrogen-bond acceptors (Lipinski definition) is 2. The molecule has 0 bridgehead atoms. The Balaban J connectivity index is 2.92. The summed E-state index contributed by atoms with van der Waals surface area (Å²) in [6.07, 6.45) is 3.12. The molecule has 5 heteroatoms. The SMILES string of the molecule is CC(=CCOCc1ccccc1)[C@H]([C@@H](C)C=CI)N(C(=O)O)C(C)(C)C. The van der Waals surface area contributed by atoms with Crippen molar-refractivity contribution in [3.63, 3.8) is 0 Å². The number of rotatable bonds is 8. The third-order valence-electron chi connectivity index (χ3n) is 4.18. The standard InChI is InChI=1S/C21H30INO3/c1-16(11-13-22)19(23(20(24)25)21(3,4)5)17(2)12-14-26-15-18-9-7-6-8-10-18/h6-13,16,19H,14-15H2,1-5H3,(H,24,25)/t16-,19-/m0/s1. The van der Waals surface area contributed by atoms with E-state index in [1.165, 1.54) is 4.90 Å². The van der Waals surface area contributed by atoms with Crippen LogP contribution in [0.2, 0.25) is 0 Å². The van der Waals surface area contributed by atoms with Gasteiger partial charge in [-0.2, -0.15) is 0 Å². The second kappa shape index (κ2) is 10.7. The quantitative estimate of drug-likeness (QED) is 0.293. The van der Waals surface area contributed by atoms with Crippen molar-refractivity contribution in [2.45, 2.75) is 52.8 Å². The van der Waals surface area contributed by atoms with Gasteiger partial charge in [0.05, 0.1) is 19.3 Å². The van der Waals surface area contributed by atoms with Crippen LogP contribution in [0.5, 0.6) is 0 Å². The van der Waals surface area contributed by atoms with Gasteiger partial charge in [-0.05, 0) is 43.3 Å². The maximum atomic E-state index is 12.0. The van der Waals surface area contributed by atoms with Crippen LogP contribution in [0.25, 0.3) is 0 Å². The summed E-state index contributed by atoms with van der Waals surface area (Å²) in [5.74, 6) is 0.0626. The summed E-state index contributed by atoms with van der Waals surface area (Å²) in [6.45, 7) is 10.8. The number of halogens is 1. The number of ether oxygens (including phenoxy) is 1. The molecule has 1 amide bonds. The molecule has 0 fully saturated rings. The van der Waals surface area contributed by atoms with Crippen LogP contribution in [0.3, 0.4) is 0 Å². The Kier molecular flexibility index (Phi) is 9.36. The minimum Gasteiger partial charge on any atom is -0.465 e. The highest BCUT2D eigenvalue weighted by Gasteiger charge is 2.36. The Morgan fingerprint density at radius 1 is 1.31 bits per heavy atom. The van der Waals surface area contributed by atoms with Crippen LogP contribution < -0.4 is 0 Å². The summed E-state index contributed by atoms with van der Waals surface area (Å²) in [4.78, 5) is 13.5. The molecule has 2 atom stereocenters. The third-order valence-corrected chi connectivity index (χ3v) is 4.60. The van der Waals surface area contributed by atoms with Crippen molar-refractivity contribution in [2.75, 3.05) is 6.61 Å². The summed E-state index contributed by atoms with van der Waals surface area (Å²) in [6, 6.07) is 9.77. The fraction of sp³-hybridized carbons (Fsp3) is 0.476. The Morgan fingerprint density at radius 2 is 1.92 bits per heavy atom. The van der Waals surface area contributed by atoms with E-state index >= 15 is 0 Å². The van der Waals surface area contributed by atoms with E-state index in [9.17, 15) is 9.90 Å². The van der Waals surface area contributed by atoms with Crippen molar-refractivity contribution in [1.82, 2.24) is 4.90 Å². The average molecular weight is 471 g/mol. The molecule has 4 nitrogen and oxygen atoms in total. The van der Waals surface area contributed by atoms with Crippen LogP contribution in [0.4, 0.5) is 4.79 Å². The highest BCUT2D eigenvalue weighted by atomic mass is 127. The molecule has 1 aromatic rings. The zero-order chi connectivity index (χ0) is 19.7. The van der Waals surface area contributed by atoms with Gasteiger partial charge in [-0.1, -0.05) is 77.6 Å². The molecule has 0 aliphatic rings. The van der Waals surface area contributed by atoms with Gasteiger partial charge in [-0.15, -0.1) is 0 Å². The number of benzene rings is 1. The Bertz CT molecular complexity index is 620. The van der Waals surface area contributed by atoms with Crippen LogP contribution in [0, 0.1) is 5.92 Å². The first kappa shape index (κ1) is 22.7. The Morgan fingerprint density at radius 3 is 2.42 bits per heavy atom. The van der Waals surface area contributed by atoms with Crippen LogP contribution in [0.15, 0.2) is 52.1 Å².